The van der Waals surface area contributed by atoms with Gasteiger partial charge >= 0.3 is 17.9 Å². The quantitative estimate of drug-likeness (QED) is 0.0261. The second-order valence-corrected chi connectivity index (χ2v) is 19.9. The van der Waals surface area contributed by atoms with Crippen LogP contribution in [0, 0.1) is 0 Å². The van der Waals surface area contributed by atoms with Crippen LogP contribution in [-0.4, -0.2) is 37.2 Å². The highest BCUT2D eigenvalue weighted by Crippen LogP contribution is 2.15. The Hall–Kier alpha value is -4.45. The molecule has 0 N–H and O–H groups in total. The standard InChI is InChI=1S/C69H112O6/c1-4-7-10-13-16-19-22-24-26-28-30-32-33-34-35-37-38-40-42-44-47-50-53-56-59-62-68(71)74-65-66(64-73-67(70)61-58-55-52-49-46-21-18-15-12-9-6-3)75-69(72)63-60-57-54-51-48-45-43-41-39-36-31-29-27-25-23-20-17-14-11-8-5-2/h7-8,10-11,16-17,19-20,24-27,30-32,34-36,41,43,48,51,66H,4-6,9,12-15,18,21-23,28-29,33,37-40,42,44-47,49-50,52-65H2,1-3H3/b10-7-,11-8-,19-16-,20-17-,26-24-,27-25-,32-30-,35-34-,36-31-,43-41-,51-48-. The van der Waals surface area contributed by atoms with Gasteiger partial charge < -0.3 is 14.2 Å². The fourth-order valence-electron chi connectivity index (χ4n) is 8.12. The molecule has 0 saturated heterocycles. The summed E-state index contributed by atoms with van der Waals surface area (Å²) in [6, 6.07) is 0. The van der Waals surface area contributed by atoms with Gasteiger partial charge in [-0.25, -0.2) is 0 Å². The summed E-state index contributed by atoms with van der Waals surface area (Å²) in [5.41, 5.74) is 0. The number of allylic oxidation sites excluding steroid dienone is 22. The number of carbonyl (C=O) groups is 3. The van der Waals surface area contributed by atoms with Crippen molar-refractivity contribution in [3.05, 3.63) is 134 Å². The lowest BCUT2D eigenvalue weighted by molar-refractivity contribution is -0.167. The Kier molecular flexibility index (Phi) is 58.4. The Morgan fingerprint density at radius 2 is 0.520 bits per heavy atom. The van der Waals surface area contributed by atoms with Gasteiger partial charge in [-0.3, -0.25) is 14.4 Å². The second-order valence-electron chi connectivity index (χ2n) is 19.9. The highest BCUT2D eigenvalue weighted by molar-refractivity contribution is 5.71. The van der Waals surface area contributed by atoms with Crippen LogP contribution < -0.4 is 0 Å². The Labute approximate surface area is 462 Å². The molecule has 0 aromatic carbocycles. The molecule has 0 aromatic heterocycles. The van der Waals surface area contributed by atoms with E-state index in [1.165, 1.54) is 89.9 Å². The summed E-state index contributed by atoms with van der Waals surface area (Å²) in [4.78, 5) is 38.2. The van der Waals surface area contributed by atoms with Crippen LogP contribution in [-0.2, 0) is 28.6 Å². The van der Waals surface area contributed by atoms with E-state index in [1.54, 1.807) is 0 Å². The maximum atomic E-state index is 12.9. The van der Waals surface area contributed by atoms with Gasteiger partial charge in [0.1, 0.15) is 13.2 Å². The lowest BCUT2D eigenvalue weighted by Gasteiger charge is -2.18. The van der Waals surface area contributed by atoms with Crippen LogP contribution in [0.2, 0.25) is 0 Å². The number of ether oxygens (including phenoxy) is 3. The van der Waals surface area contributed by atoms with Gasteiger partial charge in [0, 0.05) is 19.3 Å². The minimum Gasteiger partial charge on any atom is -0.462 e. The number of hydrogen-bond acceptors (Lipinski definition) is 6. The summed E-state index contributed by atoms with van der Waals surface area (Å²) in [6.07, 6.45) is 87.4. The zero-order valence-electron chi connectivity index (χ0n) is 48.5. The molecular formula is C69H112O6. The van der Waals surface area contributed by atoms with E-state index in [1.807, 2.05) is 0 Å². The third-order valence-corrected chi connectivity index (χ3v) is 12.7. The minimum absolute atomic E-state index is 0.0994. The lowest BCUT2D eigenvalue weighted by atomic mass is 10.1. The van der Waals surface area contributed by atoms with Crippen LogP contribution >= 0.6 is 0 Å². The van der Waals surface area contributed by atoms with E-state index < -0.39 is 6.10 Å². The smallest absolute Gasteiger partial charge is 0.306 e. The Balaban J connectivity index is 4.40. The Morgan fingerprint density at radius 1 is 0.280 bits per heavy atom. The third kappa shape index (κ3) is 60.3. The molecule has 1 unspecified atom stereocenters. The number of rotatable bonds is 54. The first-order valence-corrected chi connectivity index (χ1v) is 30.7. The van der Waals surface area contributed by atoms with Gasteiger partial charge in [0.15, 0.2) is 6.10 Å². The maximum Gasteiger partial charge on any atom is 0.306 e. The van der Waals surface area contributed by atoms with Crippen molar-refractivity contribution in [1.82, 2.24) is 0 Å². The van der Waals surface area contributed by atoms with Crippen LogP contribution in [0.25, 0.3) is 0 Å². The maximum absolute atomic E-state index is 12.9. The van der Waals surface area contributed by atoms with Gasteiger partial charge in [0.2, 0.25) is 0 Å². The third-order valence-electron chi connectivity index (χ3n) is 12.7. The summed E-state index contributed by atoms with van der Waals surface area (Å²) in [5, 5.41) is 0. The number of hydrogen-bond donors (Lipinski definition) is 0. The van der Waals surface area contributed by atoms with Gasteiger partial charge in [-0.2, -0.15) is 0 Å². The fourth-order valence-corrected chi connectivity index (χ4v) is 8.12. The van der Waals surface area contributed by atoms with Crippen LogP contribution in [0.4, 0.5) is 0 Å². The molecule has 0 aromatic rings. The van der Waals surface area contributed by atoms with Crippen molar-refractivity contribution in [2.75, 3.05) is 13.2 Å². The van der Waals surface area contributed by atoms with Gasteiger partial charge in [-0.15, -0.1) is 0 Å². The minimum atomic E-state index is -0.807. The van der Waals surface area contributed by atoms with Crippen LogP contribution in [0.3, 0.4) is 0 Å². The van der Waals surface area contributed by atoms with Crippen LogP contribution in [0.15, 0.2) is 134 Å². The molecule has 0 aliphatic heterocycles. The molecule has 0 radical (unpaired) electrons. The van der Waals surface area contributed by atoms with Crippen molar-refractivity contribution in [1.29, 1.82) is 0 Å². The Bertz CT molecular complexity index is 1620. The first-order valence-electron chi connectivity index (χ1n) is 30.7. The van der Waals surface area contributed by atoms with Crippen molar-refractivity contribution in [3.8, 4) is 0 Å². The SMILES string of the molecule is CC/C=C\C/C=C\C/C=C\C/C=C\C/C=C\C/C=C\CCCCC(=O)OC(COC(=O)CCCCCCCCCCC/C=C\C/C=C\C/C=C\C/C=C\C/C=C\CC)COC(=O)CCCCCCCCCCCCC. The molecule has 75 heavy (non-hydrogen) atoms. The predicted octanol–water partition coefficient (Wildman–Crippen LogP) is 21.0. The molecule has 0 aliphatic rings. The largest absolute Gasteiger partial charge is 0.462 e. The normalized spacial score (nSPS) is 13.1. The van der Waals surface area contributed by atoms with Crippen molar-refractivity contribution in [2.24, 2.45) is 0 Å². The van der Waals surface area contributed by atoms with E-state index in [0.29, 0.717) is 19.3 Å². The zero-order chi connectivity index (χ0) is 54.3. The highest BCUT2D eigenvalue weighted by Gasteiger charge is 2.19. The molecule has 0 saturated carbocycles. The average Bonchev–Trinajstić information content (AvgIpc) is 3.41. The zero-order valence-corrected chi connectivity index (χ0v) is 48.5. The molecule has 6 heteroatoms. The molecule has 0 heterocycles. The molecule has 0 fully saturated rings. The summed E-state index contributed by atoms with van der Waals surface area (Å²) >= 11 is 0. The number of unbranched alkanes of at least 4 members (excludes halogenated alkanes) is 21. The van der Waals surface area contributed by atoms with Gasteiger partial charge in [0.25, 0.3) is 0 Å². The van der Waals surface area contributed by atoms with Crippen molar-refractivity contribution < 1.29 is 28.6 Å². The van der Waals surface area contributed by atoms with E-state index in [-0.39, 0.29) is 37.5 Å². The predicted molar refractivity (Wildman–Crippen MR) is 325 cm³/mol. The van der Waals surface area contributed by atoms with Gasteiger partial charge in [-0.05, 0) is 116 Å². The summed E-state index contributed by atoms with van der Waals surface area (Å²) in [5.74, 6) is -0.950. The topological polar surface area (TPSA) is 78.9 Å². The van der Waals surface area contributed by atoms with Crippen molar-refractivity contribution >= 4 is 17.9 Å². The van der Waals surface area contributed by atoms with Crippen LogP contribution in [0.1, 0.15) is 265 Å². The molecule has 0 rings (SSSR count). The van der Waals surface area contributed by atoms with E-state index in [0.717, 1.165) is 128 Å². The summed E-state index contributed by atoms with van der Waals surface area (Å²) in [6.45, 7) is 6.37. The molecule has 0 amide bonds. The summed E-state index contributed by atoms with van der Waals surface area (Å²) < 4.78 is 16.8. The van der Waals surface area contributed by atoms with E-state index in [9.17, 15) is 14.4 Å². The Morgan fingerprint density at radius 3 is 0.840 bits per heavy atom. The highest BCUT2D eigenvalue weighted by atomic mass is 16.6. The first-order chi connectivity index (χ1) is 37.0. The number of carbonyl (C=O) groups excluding carboxylic acids is 3. The van der Waals surface area contributed by atoms with Gasteiger partial charge in [-0.1, -0.05) is 264 Å². The molecular weight excluding hydrogens is 925 g/mol. The average molecular weight is 1040 g/mol. The van der Waals surface area contributed by atoms with Crippen molar-refractivity contribution in [3.63, 3.8) is 0 Å². The molecule has 0 bridgehead atoms. The fraction of sp³-hybridized carbons (Fsp3) is 0.638. The second kappa shape index (κ2) is 62.1. The summed E-state index contributed by atoms with van der Waals surface area (Å²) in [7, 11) is 0. The van der Waals surface area contributed by atoms with E-state index in [2.05, 4.69) is 154 Å². The van der Waals surface area contributed by atoms with Gasteiger partial charge in [0.05, 0.1) is 0 Å². The molecule has 6 nitrogen and oxygen atoms in total. The molecule has 1 atom stereocenters. The first kappa shape index (κ1) is 70.5. The van der Waals surface area contributed by atoms with Crippen molar-refractivity contribution in [2.45, 2.75) is 271 Å². The van der Waals surface area contributed by atoms with E-state index in [4.69, 9.17) is 14.2 Å². The molecule has 0 aliphatic carbocycles. The van der Waals surface area contributed by atoms with Crippen LogP contribution in [0.5, 0.6) is 0 Å². The van der Waals surface area contributed by atoms with E-state index >= 15 is 0 Å². The lowest BCUT2D eigenvalue weighted by Crippen LogP contribution is -2.30. The monoisotopic (exact) mass is 1040 g/mol. The molecule has 424 valence electrons. The molecule has 0 spiro atoms. The number of esters is 3.